The number of nitrogens with one attached hydrogen (secondary N) is 1. The summed E-state index contributed by atoms with van der Waals surface area (Å²) >= 11 is 1.51. The molecular weight excluding hydrogens is 298 g/mol. The van der Waals surface area contributed by atoms with Crippen LogP contribution in [0, 0.1) is 6.92 Å². The van der Waals surface area contributed by atoms with E-state index in [-0.39, 0.29) is 18.5 Å². The van der Waals surface area contributed by atoms with Gasteiger partial charge in [-0.3, -0.25) is 4.79 Å². The minimum atomic E-state index is -0.0158. The maximum absolute atomic E-state index is 12.0. The molecule has 0 saturated carbocycles. The maximum atomic E-state index is 12.0. The molecule has 0 saturated heterocycles. The van der Waals surface area contributed by atoms with E-state index in [9.17, 15) is 4.79 Å². The SMILES string of the molecule is COc1ccccc1N=c1scc(C)n1CC(=O)NC(C)C. The highest BCUT2D eigenvalue weighted by Crippen LogP contribution is 2.25. The number of benzene rings is 1. The number of nitrogens with zero attached hydrogens (tertiary/aromatic N) is 2. The van der Waals surface area contributed by atoms with E-state index >= 15 is 0 Å². The average Bonchev–Trinajstić information content (AvgIpc) is 2.80. The molecule has 118 valence electrons. The van der Waals surface area contributed by atoms with E-state index < -0.39 is 0 Å². The second-order valence-corrected chi connectivity index (χ2v) is 6.09. The Kier molecular flexibility index (Phi) is 5.38. The molecule has 22 heavy (non-hydrogen) atoms. The van der Waals surface area contributed by atoms with E-state index in [2.05, 4.69) is 10.3 Å². The molecule has 0 aliphatic rings. The molecule has 0 spiro atoms. The quantitative estimate of drug-likeness (QED) is 0.921. The zero-order chi connectivity index (χ0) is 16.1. The number of thiazole rings is 1. The fraction of sp³-hybridized carbons (Fsp3) is 0.375. The van der Waals surface area contributed by atoms with Crippen LogP contribution in [0.1, 0.15) is 19.5 Å². The Balaban J connectivity index is 2.36. The van der Waals surface area contributed by atoms with E-state index in [4.69, 9.17) is 4.74 Å². The van der Waals surface area contributed by atoms with Gasteiger partial charge in [0.1, 0.15) is 18.0 Å². The zero-order valence-electron chi connectivity index (χ0n) is 13.3. The van der Waals surface area contributed by atoms with Crippen molar-refractivity contribution in [2.24, 2.45) is 4.99 Å². The van der Waals surface area contributed by atoms with E-state index in [1.807, 2.05) is 55.0 Å². The van der Waals surface area contributed by atoms with E-state index in [1.165, 1.54) is 11.3 Å². The molecule has 1 aromatic heterocycles. The van der Waals surface area contributed by atoms with Crippen LogP contribution in [-0.2, 0) is 11.3 Å². The highest BCUT2D eigenvalue weighted by atomic mass is 32.1. The first kappa shape index (κ1) is 16.3. The molecule has 5 nitrogen and oxygen atoms in total. The molecule has 1 N–H and O–H groups in total. The number of rotatable bonds is 5. The molecule has 2 aromatic rings. The molecule has 0 bridgehead atoms. The van der Waals surface area contributed by atoms with Gasteiger partial charge in [-0.2, -0.15) is 0 Å². The van der Waals surface area contributed by atoms with Crippen LogP contribution in [0.5, 0.6) is 5.75 Å². The number of hydrogen-bond acceptors (Lipinski definition) is 4. The Labute approximate surface area is 134 Å². The minimum absolute atomic E-state index is 0.0158. The van der Waals surface area contributed by atoms with Gasteiger partial charge in [-0.05, 0) is 32.9 Å². The summed E-state index contributed by atoms with van der Waals surface area (Å²) in [6.45, 7) is 6.13. The van der Waals surface area contributed by atoms with Crippen molar-refractivity contribution < 1.29 is 9.53 Å². The van der Waals surface area contributed by atoms with Crippen molar-refractivity contribution in [1.29, 1.82) is 0 Å². The highest BCUT2D eigenvalue weighted by Gasteiger charge is 2.09. The molecule has 0 aliphatic heterocycles. The molecule has 0 unspecified atom stereocenters. The highest BCUT2D eigenvalue weighted by molar-refractivity contribution is 7.07. The second-order valence-electron chi connectivity index (χ2n) is 5.25. The molecular formula is C16H21N3O2S. The Hall–Kier alpha value is -2.08. The topological polar surface area (TPSA) is 55.6 Å². The smallest absolute Gasteiger partial charge is 0.240 e. The number of carbonyl (C=O) groups excluding carboxylic acids is 1. The molecule has 0 radical (unpaired) electrons. The summed E-state index contributed by atoms with van der Waals surface area (Å²) in [6.07, 6.45) is 0. The van der Waals surface area contributed by atoms with Crippen molar-refractivity contribution in [2.45, 2.75) is 33.4 Å². The van der Waals surface area contributed by atoms with Crippen LogP contribution < -0.4 is 14.9 Å². The van der Waals surface area contributed by atoms with Gasteiger partial charge in [-0.25, -0.2) is 4.99 Å². The number of aryl methyl sites for hydroxylation is 1. The van der Waals surface area contributed by atoms with Gasteiger partial charge in [0.25, 0.3) is 0 Å². The lowest BCUT2D eigenvalue weighted by Crippen LogP contribution is -2.35. The van der Waals surface area contributed by atoms with Crippen LogP contribution >= 0.6 is 11.3 Å². The van der Waals surface area contributed by atoms with Crippen molar-refractivity contribution >= 4 is 22.9 Å². The van der Waals surface area contributed by atoms with Crippen LogP contribution in [0.4, 0.5) is 5.69 Å². The molecule has 2 rings (SSSR count). The number of amides is 1. The van der Waals surface area contributed by atoms with Crippen molar-refractivity contribution in [3.05, 3.63) is 40.1 Å². The van der Waals surface area contributed by atoms with Gasteiger partial charge in [-0.15, -0.1) is 11.3 Å². The first-order valence-electron chi connectivity index (χ1n) is 7.13. The Morgan fingerprint density at radius 2 is 2.14 bits per heavy atom. The van der Waals surface area contributed by atoms with Gasteiger partial charge in [0.15, 0.2) is 4.80 Å². The summed E-state index contributed by atoms with van der Waals surface area (Å²) in [5, 5.41) is 4.90. The van der Waals surface area contributed by atoms with Gasteiger partial charge in [0.2, 0.25) is 5.91 Å². The van der Waals surface area contributed by atoms with E-state index in [0.29, 0.717) is 5.75 Å². The van der Waals surface area contributed by atoms with E-state index in [1.54, 1.807) is 7.11 Å². The Morgan fingerprint density at radius 3 is 2.82 bits per heavy atom. The monoisotopic (exact) mass is 319 g/mol. The molecule has 6 heteroatoms. The van der Waals surface area contributed by atoms with Gasteiger partial charge < -0.3 is 14.6 Å². The second kappa shape index (κ2) is 7.26. The van der Waals surface area contributed by atoms with Gasteiger partial charge in [-0.1, -0.05) is 12.1 Å². The van der Waals surface area contributed by atoms with Crippen molar-refractivity contribution in [1.82, 2.24) is 9.88 Å². The maximum Gasteiger partial charge on any atom is 0.240 e. The number of para-hydroxylation sites is 2. The minimum Gasteiger partial charge on any atom is -0.494 e. The van der Waals surface area contributed by atoms with Crippen molar-refractivity contribution in [3.63, 3.8) is 0 Å². The van der Waals surface area contributed by atoms with Crippen LogP contribution in [0.25, 0.3) is 0 Å². The average molecular weight is 319 g/mol. The van der Waals surface area contributed by atoms with Crippen molar-refractivity contribution in [2.75, 3.05) is 7.11 Å². The first-order chi connectivity index (χ1) is 10.5. The van der Waals surface area contributed by atoms with Crippen LogP contribution in [-0.4, -0.2) is 23.6 Å². The van der Waals surface area contributed by atoms with Gasteiger partial charge in [0.05, 0.1) is 7.11 Å². The summed E-state index contributed by atoms with van der Waals surface area (Å²) < 4.78 is 7.23. The Morgan fingerprint density at radius 1 is 1.41 bits per heavy atom. The lowest BCUT2D eigenvalue weighted by atomic mass is 10.3. The number of methoxy groups -OCH3 is 1. The lowest BCUT2D eigenvalue weighted by Gasteiger charge is -2.10. The molecule has 1 amide bonds. The van der Waals surface area contributed by atoms with Gasteiger partial charge >= 0.3 is 0 Å². The molecule has 0 fully saturated rings. The number of aromatic nitrogens is 1. The summed E-state index contributed by atoms with van der Waals surface area (Å²) in [5.41, 5.74) is 1.77. The lowest BCUT2D eigenvalue weighted by molar-refractivity contribution is -0.122. The standard InChI is InChI=1S/C16H21N3O2S/c1-11(2)17-15(20)9-19-12(3)10-22-16(19)18-13-7-5-6-8-14(13)21-4/h5-8,10-11H,9H2,1-4H3,(H,17,20). The first-order valence-corrected chi connectivity index (χ1v) is 8.01. The summed E-state index contributed by atoms with van der Waals surface area (Å²) in [4.78, 5) is 17.4. The molecule has 0 aliphatic carbocycles. The predicted octanol–water partition coefficient (Wildman–Crippen LogP) is 2.62. The third kappa shape index (κ3) is 3.98. The summed E-state index contributed by atoms with van der Waals surface area (Å²) in [7, 11) is 1.62. The summed E-state index contributed by atoms with van der Waals surface area (Å²) in [6, 6.07) is 7.71. The largest absolute Gasteiger partial charge is 0.494 e. The fourth-order valence-electron chi connectivity index (χ4n) is 2.03. The number of hydrogen-bond donors (Lipinski definition) is 1. The third-order valence-corrected chi connectivity index (χ3v) is 4.03. The van der Waals surface area contributed by atoms with Crippen LogP contribution in [0.2, 0.25) is 0 Å². The normalized spacial score (nSPS) is 11.8. The number of carbonyl (C=O) groups is 1. The molecule has 0 atom stereocenters. The fourth-order valence-corrected chi connectivity index (χ4v) is 2.92. The molecule has 1 aromatic carbocycles. The summed E-state index contributed by atoms with van der Waals surface area (Å²) in [5.74, 6) is 0.699. The Bertz CT molecular complexity index is 716. The third-order valence-electron chi connectivity index (χ3n) is 3.04. The predicted molar refractivity (Wildman–Crippen MR) is 88.5 cm³/mol. The van der Waals surface area contributed by atoms with Gasteiger partial charge in [0, 0.05) is 17.1 Å². The van der Waals surface area contributed by atoms with Crippen LogP contribution in [0.15, 0.2) is 34.6 Å². The zero-order valence-corrected chi connectivity index (χ0v) is 14.1. The number of ether oxygens (including phenoxy) is 1. The van der Waals surface area contributed by atoms with Crippen LogP contribution in [0.3, 0.4) is 0 Å². The van der Waals surface area contributed by atoms with E-state index in [0.717, 1.165) is 16.2 Å². The van der Waals surface area contributed by atoms with Crippen molar-refractivity contribution in [3.8, 4) is 5.75 Å². The molecule has 1 heterocycles.